The molecule has 0 aliphatic heterocycles. The molecule has 0 fully saturated rings. The van der Waals surface area contributed by atoms with Gasteiger partial charge in [-0.05, 0) is 32.1 Å². The lowest BCUT2D eigenvalue weighted by Crippen LogP contribution is -2.45. The Hall–Kier alpha value is -1.17. The van der Waals surface area contributed by atoms with Gasteiger partial charge in [0.1, 0.15) is 0 Å². The fourth-order valence-corrected chi connectivity index (χ4v) is 8.59. The average Bonchev–Trinajstić information content (AvgIpc) is 3.24. The van der Waals surface area contributed by atoms with Crippen LogP contribution in [0.25, 0.3) is 0 Å². The molecule has 3 unspecified atom stereocenters. The first-order valence-electron chi connectivity index (χ1n) is 27.1. The molecular weight excluding hydrogens is 739 g/mol. The van der Waals surface area contributed by atoms with Crippen LogP contribution in [-0.2, 0) is 4.79 Å². The molecule has 0 aromatic rings. The molecule has 5 heteroatoms. The van der Waals surface area contributed by atoms with Gasteiger partial charge in [0.05, 0.1) is 31.3 Å². The first-order valence-corrected chi connectivity index (χ1v) is 27.1. The summed E-state index contributed by atoms with van der Waals surface area (Å²) >= 11 is 0. The first kappa shape index (κ1) is 58.8. The van der Waals surface area contributed by atoms with Crippen LogP contribution in [0.3, 0.4) is 0 Å². The Kier molecular flexibility index (Phi) is 49.5. The Morgan fingerprint density at radius 1 is 0.417 bits per heavy atom. The predicted octanol–water partition coefficient (Wildman–Crippen LogP) is 16.5. The van der Waals surface area contributed by atoms with Crippen molar-refractivity contribution < 1.29 is 20.1 Å². The monoisotopic (exact) mass is 846 g/mol. The molecule has 356 valence electrons. The first-order chi connectivity index (χ1) is 29.5. The summed E-state index contributed by atoms with van der Waals surface area (Å²) in [7, 11) is 0. The number of aliphatic hydroxyl groups excluding tert-OH is 3. The minimum atomic E-state index is -0.947. The van der Waals surface area contributed by atoms with Crippen LogP contribution in [0.1, 0.15) is 296 Å². The maximum atomic E-state index is 12.4. The lowest BCUT2D eigenvalue weighted by molar-refractivity contribution is -0.124. The molecule has 1 amide bonds. The average molecular weight is 846 g/mol. The summed E-state index contributed by atoms with van der Waals surface area (Å²) in [5.41, 5.74) is 0. The molecule has 0 spiro atoms. The zero-order valence-corrected chi connectivity index (χ0v) is 40.6. The summed E-state index contributed by atoms with van der Waals surface area (Å²) in [6, 6.07) is -0.757. The molecule has 60 heavy (non-hydrogen) atoms. The van der Waals surface area contributed by atoms with Crippen molar-refractivity contribution in [1.29, 1.82) is 0 Å². The van der Waals surface area contributed by atoms with Crippen LogP contribution in [0.4, 0.5) is 0 Å². The van der Waals surface area contributed by atoms with Gasteiger partial charge in [0.15, 0.2) is 0 Å². The summed E-state index contributed by atoms with van der Waals surface area (Å²) in [6.07, 6.45) is 64.0. The van der Waals surface area contributed by atoms with Crippen LogP contribution in [0.15, 0.2) is 24.3 Å². The lowest BCUT2D eigenvalue weighted by Gasteiger charge is -2.21. The van der Waals surface area contributed by atoms with Gasteiger partial charge in [-0.1, -0.05) is 282 Å². The van der Waals surface area contributed by atoms with Crippen LogP contribution in [-0.4, -0.2) is 46.1 Å². The van der Waals surface area contributed by atoms with E-state index in [1.165, 1.54) is 238 Å². The molecule has 0 heterocycles. The highest BCUT2D eigenvalue weighted by atomic mass is 16.3. The van der Waals surface area contributed by atoms with E-state index in [1.54, 1.807) is 6.08 Å². The molecule has 0 saturated carbocycles. The van der Waals surface area contributed by atoms with Gasteiger partial charge in [-0.2, -0.15) is 0 Å². The van der Waals surface area contributed by atoms with Gasteiger partial charge in [-0.25, -0.2) is 0 Å². The van der Waals surface area contributed by atoms with Crippen LogP contribution < -0.4 is 5.32 Å². The largest absolute Gasteiger partial charge is 0.394 e. The normalized spacial score (nSPS) is 13.5. The second-order valence-electron chi connectivity index (χ2n) is 18.8. The van der Waals surface area contributed by atoms with E-state index in [0.29, 0.717) is 6.42 Å². The van der Waals surface area contributed by atoms with Gasteiger partial charge < -0.3 is 20.6 Å². The molecule has 0 saturated heterocycles. The molecule has 5 nitrogen and oxygen atoms in total. The summed E-state index contributed by atoms with van der Waals surface area (Å²) in [6.45, 7) is 4.18. The minimum Gasteiger partial charge on any atom is -0.394 e. The molecule has 0 bridgehead atoms. The number of nitrogens with one attached hydrogen (secondary N) is 1. The van der Waals surface area contributed by atoms with Crippen molar-refractivity contribution in [2.24, 2.45) is 0 Å². The Morgan fingerprint density at radius 3 is 1.07 bits per heavy atom. The third-order valence-electron chi connectivity index (χ3n) is 12.7. The third kappa shape index (κ3) is 46.3. The smallest absolute Gasteiger partial charge is 0.222 e. The van der Waals surface area contributed by atoms with Crippen molar-refractivity contribution in [2.75, 3.05) is 6.61 Å². The second-order valence-corrected chi connectivity index (χ2v) is 18.8. The fraction of sp³-hybridized carbons (Fsp3) is 0.909. The van der Waals surface area contributed by atoms with Crippen molar-refractivity contribution in [3.8, 4) is 0 Å². The molecule has 0 aromatic heterocycles. The SMILES string of the molecule is CCCCCC/C=C/CC/C=C/C(O)C(CO)NC(=O)CC(O)CCCCCCCCCCCCCCCCCCCCCCCCCCCCCCCCCCCCC. The highest BCUT2D eigenvalue weighted by Gasteiger charge is 2.20. The number of unbranched alkanes of at least 4 members (excludes halogenated alkanes) is 39. The van der Waals surface area contributed by atoms with E-state index in [2.05, 4.69) is 31.3 Å². The van der Waals surface area contributed by atoms with E-state index in [0.717, 1.165) is 32.1 Å². The van der Waals surface area contributed by atoms with Gasteiger partial charge in [-0.3, -0.25) is 4.79 Å². The van der Waals surface area contributed by atoms with E-state index in [9.17, 15) is 20.1 Å². The number of hydrogen-bond acceptors (Lipinski definition) is 4. The van der Waals surface area contributed by atoms with Gasteiger partial charge in [0.2, 0.25) is 5.91 Å². The maximum absolute atomic E-state index is 12.4. The summed E-state index contributed by atoms with van der Waals surface area (Å²) < 4.78 is 0. The van der Waals surface area contributed by atoms with Crippen molar-refractivity contribution in [1.82, 2.24) is 5.32 Å². The number of carbonyl (C=O) groups is 1. The van der Waals surface area contributed by atoms with Crippen LogP contribution >= 0.6 is 0 Å². The number of carbonyl (C=O) groups excluding carboxylic acids is 1. The zero-order chi connectivity index (χ0) is 43.7. The molecule has 0 radical (unpaired) electrons. The molecular formula is C55H107NO4. The van der Waals surface area contributed by atoms with Gasteiger partial charge in [-0.15, -0.1) is 0 Å². The minimum absolute atomic E-state index is 0.00958. The Balaban J connectivity index is 3.41. The Labute approximate surface area is 375 Å². The van der Waals surface area contributed by atoms with Crippen LogP contribution in [0, 0.1) is 0 Å². The lowest BCUT2D eigenvalue weighted by atomic mass is 10.0. The van der Waals surface area contributed by atoms with Crippen molar-refractivity contribution in [2.45, 2.75) is 315 Å². The van der Waals surface area contributed by atoms with E-state index < -0.39 is 18.2 Å². The number of hydrogen-bond donors (Lipinski definition) is 4. The van der Waals surface area contributed by atoms with Crippen LogP contribution in [0.5, 0.6) is 0 Å². The van der Waals surface area contributed by atoms with Crippen molar-refractivity contribution >= 4 is 5.91 Å². The van der Waals surface area contributed by atoms with E-state index in [1.807, 2.05) is 6.08 Å². The standard InChI is InChI=1S/C55H107NO4/c1-3-5-7-9-11-13-15-16-17-18-19-20-21-22-23-24-25-26-27-28-29-30-31-32-33-34-35-36-37-38-39-40-42-44-46-48-52(58)50-55(60)56-53(51-57)54(59)49-47-45-43-41-14-12-10-8-6-4-2/h14,41,47,49,52-54,57-59H,3-13,15-40,42-46,48,50-51H2,1-2H3,(H,56,60)/b41-14+,49-47+. The third-order valence-corrected chi connectivity index (χ3v) is 12.7. The van der Waals surface area contributed by atoms with Crippen LogP contribution in [0.2, 0.25) is 0 Å². The molecule has 0 aliphatic carbocycles. The fourth-order valence-electron chi connectivity index (χ4n) is 8.59. The summed E-state index contributed by atoms with van der Waals surface area (Å²) in [5, 5.41) is 33.2. The van der Waals surface area contributed by atoms with Gasteiger partial charge >= 0.3 is 0 Å². The molecule has 3 atom stereocenters. The second kappa shape index (κ2) is 50.5. The number of amides is 1. The highest BCUT2D eigenvalue weighted by molar-refractivity contribution is 5.76. The number of aliphatic hydroxyl groups is 3. The van der Waals surface area contributed by atoms with Gasteiger partial charge in [0.25, 0.3) is 0 Å². The molecule has 0 aromatic carbocycles. The van der Waals surface area contributed by atoms with E-state index >= 15 is 0 Å². The highest BCUT2D eigenvalue weighted by Crippen LogP contribution is 2.18. The van der Waals surface area contributed by atoms with Gasteiger partial charge in [0, 0.05) is 0 Å². The van der Waals surface area contributed by atoms with Crippen molar-refractivity contribution in [3.05, 3.63) is 24.3 Å². The topological polar surface area (TPSA) is 89.8 Å². The summed E-state index contributed by atoms with van der Waals surface area (Å²) in [4.78, 5) is 12.4. The molecule has 0 aliphatic rings. The number of allylic oxidation sites excluding steroid dienone is 3. The van der Waals surface area contributed by atoms with E-state index in [-0.39, 0.29) is 18.9 Å². The quantitative estimate of drug-likeness (QED) is 0.0363. The summed E-state index contributed by atoms with van der Waals surface area (Å²) in [5.74, 6) is -0.323. The Morgan fingerprint density at radius 2 is 0.717 bits per heavy atom. The predicted molar refractivity (Wildman–Crippen MR) is 264 cm³/mol. The van der Waals surface area contributed by atoms with Crippen molar-refractivity contribution in [3.63, 3.8) is 0 Å². The zero-order valence-electron chi connectivity index (χ0n) is 40.6. The molecule has 4 N–H and O–H groups in total. The Bertz CT molecular complexity index is 890. The molecule has 0 rings (SSSR count). The van der Waals surface area contributed by atoms with E-state index in [4.69, 9.17) is 0 Å². The number of rotatable bonds is 50. The maximum Gasteiger partial charge on any atom is 0.222 e.